The largest absolute Gasteiger partial charge is 0.481 e. The molecule has 0 saturated carbocycles. The highest BCUT2D eigenvalue weighted by atomic mass is 19.1. The summed E-state index contributed by atoms with van der Waals surface area (Å²) in [5, 5.41) is 11.9. The molecule has 1 aromatic rings. The molecule has 0 bridgehead atoms. The summed E-state index contributed by atoms with van der Waals surface area (Å²) in [6.07, 6.45) is 0.0827. The molecule has 0 aliphatic carbocycles. The molecule has 4 nitrogen and oxygen atoms in total. The molecule has 0 spiro atoms. The van der Waals surface area contributed by atoms with E-state index in [1.165, 1.54) is 24.3 Å². The molecule has 0 unspecified atom stereocenters. The summed E-state index contributed by atoms with van der Waals surface area (Å²) in [6.45, 7) is 6.47. The molecule has 0 aromatic heterocycles. The Balaban J connectivity index is 2.75. The summed E-state index contributed by atoms with van der Waals surface area (Å²) in [7, 11) is 0. The second-order valence-corrected chi connectivity index (χ2v) is 5.91. The number of halogens is 1. The molecule has 0 radical (unpaired) electrons. The first kappa shape index (κ1) is 16.1. The van der Waals surface area contributed by atoms with Gasteiger partial charge in [0.15, 0.2) is 0 Å². The minimum Gasteiger partial charge on any atom is -0.481 e. The number of amides is 1. The van der Waals surface area contributed by atoms with Gasteiger partial charge in [-0.3, -0.25) is 9.59 Å². The minimum absolute atomic E-state index is 0.0827. The Kier molecular flexibility index (Phi) is 4.53. The molecular weight excluding hydrogens is 261 g/mol. The summed E-state index contributed by atoms with van der Waals surface area (Å²) in [5.41, 5.74) is -1.34. The lowest BCUT2D eigenvalue weighted by Gasteiger charge is -2.38. The third-order valence-electron chi connectivity index (χ3n) is 3.83. The monoisotopic (exact) mass is 281 g/mol. The number of nitrogens with one attached hydrogen (secondary N) is 1. The van der Waals surface area contributed by atoms with E-state index in [-0.39, 0.29) is 18.1 Å². The van der Waals surface area contributed by atoms with Gasteiger partial charge in [0.25, 0.3) is 0 Å². The molecule has 0 atom stereocenters. The van der Waals surface area contributed by atoms with Gasteiger partial charge < -0.3 is 10.4 Å². The zero-order valence-corrected chi connectivity index (χ0v) is 12.2. The second-order valence-electron chi connectivity index (χ2n) is 5.91. The van der Waals surface area contributed by atoms with Crippen molar-refractivity contribution in [1.29, 1.82) is 0 Å². The van der Waals surface area contributed by atoms with Crippen LogP contribution < -0.4 is 5.32 Å². The van der Waals surface area contributed by atoms with Crippen LogP contribution in [0.4, 0.5) is 4.39 Å². The maximum atomic E-state index is 12.8. The van der Waals surface area contributed by atoms with Crippen molar-refractivity contribution in [3.05, 3.63) is 35.6 Å². The number of carboxylic acids is 1. The van der Waals surface area contributed by atoms with Crippen LogP contribution in [0.5, 0.6) is 0 Å². The molecule has 2 N–H and O–H groups in total. The zero-order valence-electron chi connectivity index (χ0n) is 12.2. The third kappa shape index (κ3) is 3.56. The number of hydrogen-bond donors (Lipinski definition) is 2. The van der Waals surface area contributed by atoms with Crippen molar-refractivity contribution in [3.8, 4) is 0 Å². The van der Waals surface area contributed by atoms with Crippen LogP contribution >= 0.6 is 0 Å². The van der Waals surface area contributed by atoms with Gasteiger partial charge in [0.1, 0.15) is 5.82 Å². The van der Waals surface area contributed by atoms with Gasteiger partial charge in [-0.25, -0.2) is 4.39 Å². The first-order valence-electron chi connectivity index (χ1n) is 6.35. The van der Waals surface area contributed by atoms with Crippen molar-refractivity contribution >= 4 is 11.9 Å². The number of benzene rings is 1. The first-order chi connectivity index (χ1) is 9.06. The van der Waals surface area contributed by atoms with Crippen LogP contribution in [0, 0.1) is 11.2 Å². The van der Waals surface area contributed by atoms with Gasteiger partial charge in [0.05, 0.1) is 11.8 Å². The van der Waals surface area contributed by atoms with E-state index in [2.05, 4.69) is 5.32 Å². The van der Waals surface area contributed by atoms with Crippen LogP contribution in [0.1, 0.15) is 33.3 Å². The predicted molar refractivity (Wildman–Crippen MR) is 73.7 cm³/mol. The highest BCUT2D eigenvalue weighted by molar-refractivity contribution is 5.82. The van der Waals surface area contributed by atoms with Crippen LogP contribution in [-0.4, -0.2) is 22.5 Å². The van der Waals surface area contributed by atoms with Crippen LogP contribution in [0.15, 0.2) is 24.3 Å². The molecule has 0 fully saturated rings. The summed E-state index contributed by atoms with van der Waals surface area (Å²) in [4.78, 5) is 23.2. The van der Waals surface area contributed by atoms with Gasteiger partial charge in [-0.15, -0.1) is 0 Å². The Hall–Kier alpha value is -1.91. The zero-order chi connectivity index (χ0) is 15.6. The molecular formula is C15H20FNO3. The van der Waals surface area contributed by atoms with Crippen molar-refractivity contribution in [2.75, 3.05) is 0 Å². The van der Waals surface area contributed by atoms with E-state index in [9.17, 15) is 19.1 Å². The summed E-state index contributed by atoms with van der Waals surface area (Å²) in [5.74, 6) is -1.64. The quantitative estimate of drug-likeness (QED) is 0.870. The highest BCUT2D eigenvalue weighted by Crippen LogP contribution is 2.30. The molecule has 0 heterocycles. The fourth-order valence-electron chi connectivity index (χ4n) is 1.60. The fraction of sp³-hybridized carbons (Fsp3) is 0.467. The minimum atomic E-state index is -1.11. The molecule has 110 valence electrons. The molecule has 0 aliphatic rings. The predicted octanol–water partition coefficient (Wildman–Crippen LogP) is 2.37. The topological polar surface area (TPSA) is 66.4 Å². The maximum absolute atomic E-state index is 12.8. The number of aliphatic carboxylic acids is 1. The Morgan fingerprint density at radius 1 is 1.15 bits per heavy atom. The van der Waals surface area contributed by atoms with E-state index in [0.29, 0.717) is 5.56 Å². The number of carbonyl (C=O) groups excluding carboxylic acids is 1. The standard InChI is InChI=1S/C15H20FNO3/c1-14(2,13(19)20)15(3,4)17-12(18)9-10-5-7-11(16)8-6-10/h5-8H,9H2,1-4H3,(H,17,18)(H,19,20). The molecule has 1 aromatic carbocycles. The Bertz CT molecular complexity index is 506. The number of carboxylic acid groups (broad SMARTS) is 1. The summed E-state index contributed by atoms with van der Waals surface area (Å²) < 4.78 is 12.8. The average molecular weight is 281 g/mol. The van der Waals surface area contributed by atoms with Gasteiger partial charge in [-0.05, 0) is 45.4 Å². The maximum Gasteiger partial charge on any atom is 0.311 e. The van der Waals surface area contributed by atoms with Crippen molar-refractivity contribution in [2.45, 2.75) is 39.7 Å². The lowest BCUT2D eigenvalue weighted by molar-refractivity contribution is -0.151. The molecule has 1 amide bonds. The average Bonchev–Trinajstić information content (AvgIpc) is 2.31. The van der Waals surface area contributed by atoms with Gasteiger partial charge in [-0.2, -0.15) is 0 Å². The number of hydrogen-bond acceptors (Lipinski definition) is 2. The Morgan fingerprint density at radius 2 is 1.65 bits per heavy atom. The molecule has 0 aliphatic heterocycles. The van der Waals surface area contributed by atoms with Gasteiger partial charge in [0, 0.05) is 5.54 Å². The molecule has 0 saturated heterocycles. The highest BCUT2D eigenvalue weighted by Gasteiger charge is 2.44. The number of rotatable bonds is 5. The fourth-order valence-corrected chi connectivity index (χ4v) is 1.60. The van der Waals surface area contributed by atoms with Crippen LogP contribution in [-0.2, 0) is 16.0 Å². The first-order valence-corrected chi connectivity index (χ1v) is 6.35. The summed E-state index contributed by atoms with van der Waals surface area (Å²) >= 11 is 0. The van der Waals surface area contributed by atoms with Crippen LogP contribution in [0.25, 0.3) is 0 Å². The third-order valence-corrected chi connectivity index (χ3v) is 3.83. The Morgan fingerprint density at radius 3 is 2.10 bits per heavy atom. The summed E-state index contributed by atoms with van der Waals surface area (Å²) in [6, 6.07) is 5.64. The van der Waals surface area contributed by atoms with Crippen molar-refractivity contribution < 1.29 is 19.1 Å². The smallest absolute Gasteiger partial charge is 0.311 e. The van der Waals surface area contributed by atoms with Crippen molar-refractivity contribution in [1.82, 2.24) is 5.32 Å². The van der Waals surface area contributed by atoms with Gasteiger partial charge in [0.2, 0.25) is 5.91 Å². The number of carbonyl (C=O) groups is 2. The van der Waals surface area contributed by atoms with Gasteiger partial charge >= 0.3 is 5.97 Å². The Labute approximate surface area is 118 Å². The van der Waals surface area contributed by atoms with E-state index in [1.807, 2.05) is 0 Å². The molecule has 20 heavy (non-hydrogen) atoms. The molecule has 5 heteroatoms. The lowest BCUT2D eigenvalue weighted by Crippen LogP contribution is -2.57. The van der Waals surface area contributed by atoms with Crippen molar-refractivity contribution in [2.24, 2.45) is 5.41 Å². The van der Waals surface area contributed by atoms with Crippen molar-refractivity contribution in [3.63, 3.8) is 0 Å². The van der Waals surface area contributed by atoms with Crippen LogP contribution in [0.2, 0.25) is 0 Å². The molecule has 1 rings (SSSR count). The lowest BCUT2D eigenvalue weighted by atomic mass is 9.74. The van der Waals surface area contributed by atoms with E-state index in [4.69, 9.17) is 0 Å². The van der Waals surface area contributed by atoms with Gasteiger partial charge in [-0.1, -0.05) is 12.1 Å². The normalized spacial score (nSPS) is 12.1. The SMILES string of the molecule is CC(C)(NC(=O)Cc1ccc(F)cc1)C(C)(C)C(=O)O. The second kappa shape index (κ2) is 5.61. The van der Waals surface area contributed by atoms with E-state index in [1.54, 1.807) is 27.7 Å². The van der Waals surface area contributed by atoms with Crippen LogP contribution in [0.3, 0.4) is 0 Å². The van der Waals surface area contributed by atoms with E-state index >= 15 is 0 Å². The van der Waals surface area contributed by atoms with E-state index in [0.717, 1.165) is 0 Å². The van der Waals surface area contributed by atoms with E-state index < -0.39 is 16.9 Å².